The van der Waals surface area contributed by atoms with E-state index in [0.717, 1.165) is 5.25 Å². The molecule has 2 nitrogen and oxygen atoms in total. The van der Waals surface area contributed by atoms with E-state index in [1.165, 1.54) is 24.8 Å². The number of thioether (sulfide) groups is 1. The van der Waals surface area contributed by atoms with Crippen molar-refractivity contribution in [3.8, 4) is 6.07 Å². The molecule has 3 atom stereocenters. The van der Waals surface area contributed by atoms with Gasteiger partial charge in [0.2, 0.25) is 0 Å². The SMILES string of the molecule is CSC1CCC(NC(CC#N)c2ccccc2)C1. The van der Waals surface area contributed by atoms with Gasteiger partial charge in [-0.25, -0.2) is 0 Å². The van der Waals surface area contributed by atoms with Gasteiger partial charge in [-0.3, -0.25) is 0 Å². The summed E-state index contributed by atoms with van der Waals surface area (Å²) in [6.45, 7) is 0. The number of hydrogen-bond donors (Lipinski definition) is 1. The van der Waals surface area contributed by atoms with Crippen molar-refractivity contribution in [1.29, 1.82) is 5.26 Å². The van der Waals surface area contributed by atoms with Gasteiger partial charge in [-0.1, -0.05) is 30.3 Å². The number of nitrogens with one attached hydrogen (secondary N) is 1. The Kier molecular flexibility index (Phi) is 5.10. The van der Waals surface area contributed by atoms with E-state index in [2.05, 4.69) is 29.8 Å². The molecule has 1 aliphatic rings. The van der Waals surface area contributed by atoms with Crippen molar-refractivity contribution in [2.75, 3.05) is 6.26 Å². The van der Waals surface area contributed by atoms with Crippen LogP contribution in [0, 0.1) is 11.3 Å². The molecule has 0 saturated heterocycles. The first kappa shape index (κ1) is 13.5. The lowest BCUT2D eigenvalue weighted by atomic mass is 10.0. The van der Waals surface area contributed by atoms with E-state index in [9.17, 15) is 0 Å². The molecule has 0 aromatic heterocycles. The van der Waals surface area contributed by atoms with Crippen molar-refractivity contribution in [3.63, 3.8) is 0 Å². The summed E-state index contributed by atoms with van der Waals surface area (Å²) in [5.41, 5.74) is 1.23. The molecule has 0 spiro atoms. The van der Waals surface area contributed by atoms with Crippen molar-refractivity contribution in [1.82, 2.24) is 5.32 Å². The fraction of sp³-hybridized carbons (Fsp3) is 0.533. The summed E-state index contributed by atoms with van der Waals surface area (Å²) in [5, 5.41) is 13.4. The van der Waals surface area contributed by atoms with Gasteiger partial charge < -0.3 is 5.32 Å². The predicted molar refractivity (Wildman–Crippen MR) is 77.5 cm³/mol. The third kappa shape index (κ3) is 3.51. The molecule has 0 heterocycles. The van der Waals surface area contributed by atoms with Gasteiger partial charge in [-0.05, 0) is 31.1 Å². The molecule has 1 saturated carbocycles. The molecule has 0 amide bonds. The van der Waals surface area contributed by atoms with Crippen LogP contribution in [0.4, 0.5) is 0 Å². The molecule has 1 aliphatic carbocycles. The highest BCUT2D eigenvalue weighted by Crippen LogP contribution is 2.30. The molecule has 18 heavy (non-hydrogen) atoms. The van der Waals surface area contributed by atoms with Gasteiger partial charge >= 0.3 is 0 Å². The molecule has 3 unspecified atom stereocenters. The van der Waals surface area contributed by atoms with Crippen LogP contribution in [0.3, 0.4) is 0 Å². The molecule has 2 rings (SSSR count). The summed E-state index contributed by atoms with van der Waals surface area (Å²) >= 11 is 1.97. The van der Waals surface area contributed by atoms with Gasteiger partial charge in [-0.15, -0.1) is 0 Å². The molecular weight excluding hydrogens is 240 g/mol. The summed E-state index contributed by atoms with van der Waals surface area (Å²) in [6, 6.07) is 13.4. The van der Waals surface area contributed by atoms with Gasteiger partial charge in [0.25, 0.3) is 0 Å². The molecule has 1 aromatic carbocycles. The Morgan fingerprint density at radius 2 is 2.17 bits per heavy atom. The van der Waals surface area contributed by atoms with Crippen LogP contribution in [0.25, 0.3) is 0 Å². The van der Waals surface area contributed by atoms with Crippen molar-refractivity contribution in [2.45, 2.75) is 43.0 Å². The summed E-state index contributed by atoms with van der Waals surface area (Å²) < 4.78 is 0. The maximum Gasteiger partial charge on any atom is 0.0641 e. The number of hydrogen-bond acceptors (Lipinski definition) is 3. The second-order valence-corrected chi connectivity index (χ2v) is 6.00. The quantitative estimate of drug-likeness (QED) is 0.880. The highest BCUT2D eigenvalue weighted by atomic mass is 32.2. The normalized spacial score (nSPS) is 24.7. The fourth-order valence-corrected chi connectivity index (χ4v) is 3.44. The number of nitriles is 1. The molecule has 1 fully saturated rings. The highest BCUT2D eigenvalue weighted by Gasteiger charge is 2.26. The van der Waals surface area contributed by atoms with Crippen molar-refractivity contribution in [2.24, 2.45) is 0 Å². The number of benzene rings is 1. The van der Waals surface area contributed by atoms with E-state index < -0.39 is 0 Å². The molecule has 1 aromatic rings. The molecular formula is C15H20N2S. The summed E-state index contributed by atoms with van der Waals surface area (Å²) in [7, 11) is 0. The molecule has 96 valence electrons. The summed E-state index contributed by atoms with van der Waals surface area (Å²) in [4.78, 5) is 0. The minimum atomic E-state index is 0.182. The van der Waals surface area contributed by atoms with Crippen LogP contribution in [0.15, 0.2) is 30.3 Å². The zero-order chi connectivity index (χ0) is 12.8. The van der Waals surface area contributed by atoms with Gasteiger partial charge in [0.15, 0.2) is 0 Å². The van der Waals surface area contributed by atoms with Crippen molar-refractivity contribution in [3.05, 3.63) is 35.9 Å². The zero-order valence-corrected chi connectivity index (χ0v) is 11.6. The van der Waals surface area contributed by atoms with Crippen molar-refractivity contribution >= 4 is 11.8 Å². The maximum atomic E-state index is 8.98. The van der Waals surface area contributed by atoms with Gasteiger partial charge in [0.05, 0.1) is 12.5 Å². The lowest BCUT2D eigenvalue weighted by molar-refractivity contribution is 0.444. The first-order chi connectivity index (χ1) is 8.83. The third-order valence-corrected chi connectivity index (χ3v) is 4.75. The number of nitrogens with zero attached hydrogens (tertiary/aromatic N) is 1. The Morgan fingerprint density at radius 1 is 1.39 bits per heavy atom. The monoisotopic (exact) mass is 260 g/mol. The van der Waals surface area contributed by atoms with Crippen LogP contribution in [0.1, 0.15) is 37.3 Å². The van der Waals surface area contributed by atoms with Crippen LogP contribution >= 0.6 is 11.8 Å². The van der Waals surface area contributed by atoms with Gasteiger partial charge in [-0.2, -0.15) is 17.0 Å². The van der Waals surface area contributed by atoms with Crippen LogP contribution in [-0.4, -0.2) is 17.5 Å². The lowest BCUT2D eigenvalue weighted by Gasteiger charge is -2.21. The van der Waals surface area contributed by atoms with Crippen LogP contribution in [0.2, 0.25) is 0 Å². The Labute approximate surface area is 114 Å². The minimum absolute atomic E-state index is 0.182. The van der Waals surface area contributed by atoms with Gasteiger partial charge in [0, 0.05) is 17.3 Å². The lowest BCUT2D eigenvalue weighted by Crippen LogP contribution is -2.31. The van der Waals surface area contributed by atoms with E-state index in [4.69, 9.17) is 5.26 Å². The Hall–Kier alpha value is -0.980. The van der Waals surface area contributed by atoms with Crippen LogP contribution in [0.5, 0.6) is 0 Å². The summed E-state index contributed by atoms with van der Waals surface area (Å²) in [6.07, 6.45) is 6.50. The highest BCUT2D eigenvalue weighted by molar-refractivity contribution is 7.99. The third-order valence-electron chi connectivity index (χ3n) is 3.65. The Balaban J connectivity index is 1.97. The van der Waals surface area contributed by atoms with E-state index in [0.29, 0.717) is 12.5 Å². The molecule has 0 bridgehead atoms. The average molecular weight is 260 g/mol. The topological polar surface area (TPSA) is 35.8 Å². The minimum Gasteiger partial charge on any atom is -0.306 e. The zero-order valence-electron chi connectivity index (χ0n) is 10.8. The van der Waals surface area contributed by atoms with Crippen LogP contribution in [-0.2, 0) is 0 Å². The second-order valence-electron chi connectivity index (χ2n) is 4.86. The smallest absolute Gasteiger partial charge is 0.0641 e. The first-order valence-electron chi connectivity index (χ1n) is 6.54. The molecule has 3 heteroatoms. The van der Waals surface area contributed by atoms with E-state index in [1.54, 1.807) is 0 Å². The van der Waals surface area contributed by atoms with Crippen molar-refractivity contribution < 1.29 is 0 Å². The fourth-order valence-electron chi connectivity index (χ4n) is 2.64. The molecule has 1 N–H and O–H groups in total. The van der Waals surface area contributed by atoms with Crippen LogP contribution < -0.4 is 5.32 Å². The van der Waals surface area contributed by atoms with E-state index >= 15 is 0 Å². The average Bonchev–Trinajstić information content (AvgIpc) is 2.87. The molecule has 0 aliphatic heterocycles. The standard InChI is InChI=1S/C15H20N2S/c1-18-14-8-7-13(11-14)17-15(9-10-16)12-5-3-2-4-6-12/h2-6,13-15,17H,7-9,11H2,1H3. The predicted octanol–water partition coefficient (Wildman–Crippen LogP) is 3.52. The Bertz CT molecular complexity index is 399. The maximum absolute atomic E-state index is 8.98. The largest absolute Gasteiger partial charge is 0.306 e. The first-order valence-corrected chi connectivity index (χ1v) is 7.83. The van der Waals surface area contributed by atoms with E-state index in [-0.39, 0.29) is 6.04 Å². The van der Waals surface area contributed by atoms with Gasteiger partial charge in [0.1, 0.15) is 0 Å². The number of rotatable bonds is 5. The molecule has 0 radical (unpaired) electrons. The second kappa shape index (κ2) is 6.82. The summed E-state index contributed by atoms with van der Waals surface area (Å²) in [5.74, 6) is 0. The Morgan fingerprint density at radius 3 is 2.78 bits per heavy atom. The van der Waals surface area contributed by atoms with E-state index in [1.807, 2.05) is 30.0 Å².